The number of hydrogen-bond acceptors (Lipinski definition) is 3. The Bertz CT molecular complexity index is 484. The van der Waals surface area contributed by atoms with Gasteiger partial charge in [-0.15, -0.1) is 0 Å². The number of nitrogens with zero attached hydrogens (tertiary/aromatic N) is 1. The molecule has 5 aliphatic rings. The highest BCUT2D eigenvalue weighted by Gasteiger charge is 2.81. The monoisotopic (exact) mass is 259 g/mol. The van der Waals surface area contributed by atoms with Gasteiger partial charge in [0.25, 0.3) is 0 Å². The van der Waals surface area contributed by atoms with Gasteiger partial charge in [0.2, 0.25) is 0 Å². The summed E-state index contributed by atoms with van der Waals surface area (Å²) in [5, 5.41) is 9.12. The van der Waals surface area contributed by atoms with E-state index >= 15 is 0 Å². The molecular weight excluding hydrogens is 238 g/mol. The Kier molecular flexibility index (Phi) is 1.86. The van der Waals surface area contributed by atoms with E-state index in [1.807, 2.05) is 0 Å². The first-order chi connectivity index (χ1) is 9.22. The fourth-order valence-electron chi connectivity index (χ4n) is 7.40. The van der Waals surface area contributed by atoms with E-state index in [2.05, 4.69) is 13.0 Å². The van der Waals surface area contributed by atoms with Gasteiger partial charge in [0, 0.05) is 11.8 Å². The van der Waals surface area contributed by atoms with Crippen LogP contribution in [0.5, 0.6) is 0 Å². The van der Waals surface area contributed by atoms with Crippen molar-refractivity contribution in [2.75, 3.05) is 13.2 Å². The summed E-state index contributed by atoms with van der Waals surface area (Å²) in [5.41, 5.74) is 0.702. The van der Waals surface area contributed by atoms with Gasteiger partial charge in [-0.25, -0.2) is 0 Å². The second-order valence-electron chi connectivity index (χ2n) is 7.74. The highest BCUT2D eigenvalue weighted by molar-refractivity contribution is 5.26. The minimum atomic E-state index is 0.0725. The molecule has 5 rings (SSSR count). The maximum atomic E-state index is 9.12. The molecule has 102 valence electrons. The van der Waals surface area contributed by atoms with E-state index in [0.717, 1.165) is 37.4 Å². The van der Waals surface area contributed by atoms with Gasteiger partial charge in [-0.3, -0.25) is 0 Å². The first-order valence-electron chi connectivity index (χ1n) is 7.83. The molecule has 8 atom stereocenters. The van der Waals surface area contributed by atoms with Crippen molar-refractivity contribution in [1.82, 2.24) is 0 Å². The lowest BCUT2D eigenvalue weighted by atomic mass is 9.60. The van der Waals surface area contributed by atoms with Crippen LogP contribution in [0.4, 0.5) is 0 Å². The maximum Gasteiger partial charge on any atom is 0.164 e. The average Bonchev–Trinajstić information content (AvgIpc) is 3.06. The zero-order valence-electron chi connectivity index (χ0n) is 11.5. The minimum Gasteiger partial charge on any atom is -0.352 e. The highest BCUT2D eigenvalue weighted by atomic mass is 16.7. The molecule has 2 heterocycles. The largest absolute Gasteiger partial charge is 0.352 e. The summed E-state index contributed by atoms with van der Waals surface area (Å²) in [7, 11) is 0. The van der Waals surface area contributed by atoms with Crippen LogP contribution in [0.3, 0.4) is 0 Å². The standard InChI is InChI=1S/C16H21NO2/c1-15-10-4-9(2-3-17)13(15)6-12-8-19-14-16(12,15)11(5-10)7-18-14/h9-14H,2,4-8H2,1H3/t9-,10+,11+,12+,13+,14+,15-,16?/m0/s1. The lowest BCUT2D eigenvalue weighted by Crippen LogP contribution is -2.44. The molecular formula is C16H21NO2. The van der Waals surface area contributed by atoms with Crippen molar-refractivity contribution in [1.29, 1.82) is 5.26 Å². The van der Waals surface area contributed by atoms with E-state index in [0.29, 0.717) is 22.7 Å². The fourth-order valence-corrected chi connectivity index (χ4v) is 7.40. The van der Waals surface area contributed by atoms with E-state index in [4.69, 9.17) is 14.7 Å². The summed E-state index contributed by atoms with van der Waals surface area (Å²) in [5.74, 6) is 3.64. The third kappa shape index (κ3) is 0.910. The van der Waals surface area contributed by atoms with Gasteiger partial charge in [0.15, 0.2) is 6.29 Å². The Balaban J connectivity index is 1.66. The third-order valence-corrected chi connectivity index (χ3v) is 7.81. The molecule has 0 amide bonds. The van der Waals surface area contributed by atoms with Gasteiger partial charge in [-0.05, 0) is 54.3 Å². The Labute approximate surface area is 114 Å². The molecule has 3 aliphatic carbocycles. The first kappa shape index (κ1) is 11.1. The van der Waals surface area contributed by atoms with E-state index in [1.54, 1.807) is 0 Å². The Hall–Kier alpha value is -0.590. The predicted octanol–water partition coefficient (Wildman–Crippen LogP) is 2.57. The van der Waals surface area contributed by atoms with Gasteiger partial charge in [-0.2, -0.15) is 5.26 Å². The van der Waals surface area contributed by atoms with Gasteiger partial charge < -0.3 is 9.47 Å². The zero-order chi connectivity index (χ0) is 12.8. The molecule has 2 saturated heterocycles. The molecule has 1 spiro atoms. The van der Waals surface area contributed by atoms with Crippen LogP contribution in [0.15, 0.2) is 0 Å². The van der Waals surface area contributed by atoms with Crippen molar-refractivity contribution in [2.24, 2.45) is 40.4 Å². The molecule has 0 aromatic heterocycles. The highest BCUT2D eigenvalue weighted by Crippen LogP contribution is 2.82. The van der Waals surface area contributed by atoms with Crippen molar-refractivity contribution in [3.8, 4) is 6.07 Å². The van der Waals surface area contributed by atoms with E-state index in [-0.39, 0.29) is 6.29 Å². The van der Waals surface area contributed by atoms with Crippen LogP contribution in [0.25, 0.3) is 0 Å². The number of hydrogen-bond donors (Lipinski definition) is 0. The summed E-state index contributed by atoms with van der Waals surface area (Å²) in [6.07, 6.45) is 4.73. The molecule has 2 aliphatic heterocycles. The maximum absolute atomic E-state index is 9.12. The summed E-state index contributed by atoms with van der Waals surface area (Å²) >= 11 is 0. The smallest absolute Gasteiger partial charge is 0.164 e. The lowest BCUT2D eigenvalue weighted by Gasteiger charge is -2.42. The van der Waals surface area contributed by atoms with Gasteiger partial charge >= 0.3 is 0 Å². The summed E-state index contributed by atoms with van der Waals surface area (Å²) < 4.78 is 12.0. The normalized spacial score (nSPS) is 64.2. The Morgan fingerprint density at radius 3 is 2.58 bits per heavy atom. The van der Waals surface area contributed by atoms with Crippen molar-refractivity contribution in [3.05, 3.63) is 0 Å². The number of rotatable bonds is 1. The zero-order valence-corrected chi connectivity index (χ0v) is 11.5. The van der Waals surface area contributed by atoms with E-state index < -0.39 is 0 Å². The summed E-state index contributed by atoms with van der Waals surface area (Å²) in [6.45, 7) is 4.35. The van der Waals surface area contributed by atoms with E-state index in [1.165, 1.54) is 19.3 Å². The van der Waals surface area contributed by atoms with Crippen molar-refractivity contribution >= 4 is 0 Å². The first-order valence-corrected chi connectivity index (χ1v) is 7.83. The topological polar surface area (TPSA) is 42.2 Å². The van der Waals surface area contributed by atoms with E-state index in [9.17, 15) is 0 Å². The van der Waals surface area contributed by atoms with Crippen LogP contribution in [-0.2, 0) is 9.47 Å². The van der Waals surface area contributed by atoms with Crippen LogP contribution in [0, 0.1) is 51.8 Å². The van der Waals surface area contributed by atoms with Crippen LogP contribution < -0.4 is 0 Å². The number of nitriles is 1. The molecule has 3 saturated carbocycles. The molecule has 0 radical (unpaired) electrons. The molecule has 3 heteroatoms. The molecule has 0 aromatic carbocycles. The van der Waals surface area contributed by atoms with Crippen molar-refractivity contribution in [2.45, 2.75) is 38.9 Å². The molecule has 0 bridgehead atoms. The molecule has 0 aromatic rings. The quantitative estimate of drug-likeness (QED) is 0.727. The van der Waals surface area contributed by atoms with Crippen LogP contribution in [0.2, 0.25) is 0 Å². The number of ether oxygens (including phenoxy) is 2. The SMILES string of the molecule is C[C@]12[C@@H]3C[C@H](CC#N)[C@H]1C[C@@H]1CO[C@H]4OC[C@@H](C3)C142. The minimum absolute atomic E-state index is 0.0725. The van der Waals surface area contributed by atoms with Crippen LogP contribution in [-0.4, -0.2) is 19.5 Å². The third-order valence-electron chi connectivity index (χ3n) is 7.81. The second-order valence-corrected chi connectivity index (χ2v) is 7.74. The van der Waals surface area contributed by atoms with Gasteiger partial charge in [-0.1, -0.05) is 6.92 Å². The molecule has 5 fully saturated rings. The molecule has 0 N–H and O–H groups in total. The van der Waals surface area contributed by atoms with Gasteiger partial charge in [0.05, 0.1) is 19.3 Å². The van der Waals surface area contributed by atoms with Gasteiger partial charge in [0.1, 0.15) is 0 Å². The molecule has 3 nitrogen and oxygen atoms in total. The second kappa shape index (κ2) is 3.18. The predicted molar refractivity (Wildman–Crippen MR) is 67.8 cm³/mol. The van der Waals surface area contributed by atoms with Crippen molar-refractivity contribution in [3.63, 3.8) is 0 Å². The Morgan fingerprint density at radius 2 is 1.84 bits per heavy atom. The average molecular weight is 259 g/mol. The fraction of sp³-hybridized carbons (Fsp3) is 0.938. The van der Waals surface area contributed by atoms with Crippen molar-refractivity contribution < 1.29 is 9.47 Å². The van der Waals surface area contributed by atoms with Crippen LogP contribution >= 0.6 is 0 Å². The Morgan fingerprint density at radius 1 is 1.11 bits per heavy atom. The molecule has 19 heavy (non-hydrogen) atoms. The van der Waals surface area contributed by atoms with Crippen LogP contribution in [0.1, 0.15) is 32.6 Å². The summed E-state index contributed by atoms with van der Waals surface area (Å²) in [4.78, 5) is 0. The summed E-state index contributed by atoms with van der Waals surface area (Å²) in [6, 6.07) is 2.44. The lowest BCUT2D eigenvalue weighted by molar-refractivity contribution is -0.142. The molecule has 1 unspecified atom stereocenters.